The van der Waals surface area contributed by atoms with Crippen LogP contribution in [0.4, 0.5) is 4.39 Å². The largest absolute Gasteiger partial charge is 0.494 e. The number of fused-ring (bicyclic) bond motifs is 1. The smallest absolute Gasteiger partial charge is 0.251 e. The molecule has 1 aliphatic heterocycles. The van der Waals surface area contributed by atoms with Crippen molar-refractivity contribution >= 4 is 11.6 Å². The lowest BCUT2D eigenvalue weighted by molar-refractivity contribution is -0.117. The van der Waals surface area contributed by atoms with Crippen molar-refractivity contribution < 1.29 is 18.7 Å². The van der Waals surface area contributed by atoms with E-state index in [2.05, 4.69) is 23.6 Å². The average molecular weight is 503 g/mol. The number of hydrogen-bond acceptors (Lipinski definition) is 6. The number of rotatable bonds is 8. The maximum Gasteiger partial charge on any atom is 0.251 e. The second kappa shape index (κ2) is 10.2. The summed E-state index contributed by atoms with van der Waals surface area (Å²) in [5.74, 6) is 1.28. The van der Waals surface area contributed by atoms with Gasteiger partial charge < -0.3 is 20.1 Å². The molecule has 1 fully saturated rings. The normalized spacial score (nSPS) is 20.5. The fourth-order valence-corrected chi connectivity index (χ4v) is 4.90. The zero-order chi connectivity index (χ0) is 26.1. The van der Waals surface area contributed by atoms with Gasteiger partial charge in [0.15, 0.2) is 0 Å². The van der Waals surface area contributed by atoms with Crippen LogP contribution in [-0.4, -0.2) is 43.9 Å². The van der Waals surface area contributed by atoms with Crippen LogP contribution in [0.5, 0.6) is 5.75 Å². The molecule has 1 aromatic carbocycles. The number of pyridine rings is 1. The Morgan fingerprint density at radius 3 is 2.73 bits per heavy atom. The summed E-state index contributed by atoms with van der Waals surface area (Å²) >= 11 is 0. The molecule has 1 aromatic heterocycles. The SMILES string of the molecule is CN/C=C1/C=C(C(=O)NCC(c2cc3c(c(-c4ccc(F)cc4)n2)OC[C@H]3C)C2CC2)C=C(OC)C1=N. The van der Waals surface area contributed by atoms with Crippen LogP contribution in [-0.2, 0) is 9.53 Å². The number of nitrogens with one attached hydrogen (secondary N) is 3. The van der Waals surface area contributed by atoms with E-state index in [-0.39, 0.29) is 29.3 Å². The maximum atomic E-state index is 13.6. The van der Waals surface area contributed by atoms with Crippen LogP contribution in [0.15, 0.2) is 65.6 Å². The lowest BCUT2D eigenvalue weighted by Gasteiger charge is -2.21. The topological polar surface area (TPSA) is 96.3 Å². The Kier molecular flexibility index (Phi) is 6.82. The molecule has 0 radical (unpaired) electrons. The van der Waals surface area contributed by atoms with E-state index in [0.717, 1.165) is 41.1 Å². The monoisotopic (exact) mass is 502 g/mol. The van der Waals surface area contributed by atoms with E-state index in [4.69, 9.17) is 19.9 Å². The molecule has 37 heavy (non-hydrogen) atoms. The molecule has 0 saturated heterocycles. The van der Waals surface area contributed by atoms with Crippen molar-refractivity contribution in [3.8, 4) is 17.0 Å². The van der Waals surface area contributed by atoms with E-state index in [9.17, 15) is 9.18 Å². The summed E-state index contributed by atoms with van der Waals surface area (Å²) in [6, 6.07) is 8.44. The summed E-state index contributed by atoms with van der Waals surface area (Å²) in [5.41, 5.74) is 4.77. The minimum absolute atomic E-state index is 0.0435. The molecule has 1 unspecified atom stereocenters. The van der Waals surface area contributed by atoms with Crippen molar-refractivity contribution in [1.29, 1.82) is 5.41 Å². The molecule has 1 amide bonds. The van der Waals surface area contributed by atoms with Gasteiger partial charge in [0.25, 0.3) is 5.91 Å². The van der Waals surface area contributed by atoms with Crippen LogP contribution in [0.2, 0.25) is 0 Å². The molecule has 2 heterocycles. The molecule has 2 atom stereocenters. The Morgan fingerprint density at radius 1 is 1.30 bits per heavy atom. The number of allylic oxidation sites excluding steroid dienone is 2. The molecule has 0 spiro atoms. The number of amides is 1. The summed E-state index contributed by atoms with van der Waals surface area (Å²) in [4.78, 5) is 18.2. The van der Waals surface area contributed by atoms with E-state index in [1.807, 2.05) is 0 Å². The van der Waals surface area contributed by atoms with Gasteiger partial charge >= 0.3 is 0 Å². The number of ether oxygens (including phenoxy) is 2. The molecular formula is C29H31FN4O3. The predicted octanol–water partition coefficient (Wildman–Crippen LogP) is 4.59. The number of benzene rings is 1. The Labute approximate surface area is 216 Å². The average Bonchev–Trinajstić information content (AvgIpc) is 3.67. The van der Waals surface area contributed by atoms with Gasteiger partial charge in [-0.2, -0.15) is 0 Å². The first kappa shape index (κ1) is 24.7. The molecule has 1 saturated carbocycles. The zero-order valence-corrected chi connectivity index (χ0v) is 21.2. The number of hydrogen-bond donors (Lipinski definition) is 3. The molecule has 2 aliphatic carbocycles. The fourth-order valence-electron chi connectivity index (χ4n) is 4.90. The highest BCUT2D eigenvalue weighted by atomic mass is 19.1. The van der Waals surface area contributed by atoms with Crippen LogP contribution < -0.4 is 15.4 Å². The highest BCUT2D eigenvalue weighted by molar-refractivity contribution is 6.15. The summed E-state index contributed by atoms with van der Waals surface area (Å²) in [6.45, 7) is 3.14. The van der Waals surface area contributed by atoms with Gasteiger partial charge in [0, 0.05) is 59.6 Å². The third-order valence-electron chi connectivity index (χ3n) is 7.12. The van der Waals surface area contributed by atoms with Crippen LogP contribution >= 0.6 is 0 Å². The highest BCUT2D eigenvalue weighted by Crippen LogP contribution is 2.46. The van der Waals surface area contributed by atoms with Gasteiger partial charge in [0.05, 0.1) is 13.7 Å². The van der Waals surface area contributed by atoms with Gasteiger partial charge in [0.1, 0.15) is 28.7 Å². The molecule has 5 rings (SSSR count). The van der Waals surface area contributed by atoms with E-state index < -0.39 is 0 Å². The van der Waals surface area contributed by atoms with Crippen molar-refractivity contribution in [2.24, 2.45) is 5.92 Å². The quantitative estimate of drug-likeness (QED) is 0.491. The summed E-state index contributed by atoms with van der Waals surface area (Å²) in [6.07, 6.45) is 7.11. The van der Waals surface area contributed by atoms with Crippen molar-refractivity contribution in [3.05, 3.63) is 82.7 Å². The van der Waals surface area contributed by atoms with Gasteiger partial charge in [0.2, 0.25) is 0 Å². The number of aromatic nitrogens is 1. The van der Waals surface area contributed by atoms with Crippen LogP contribution in [0.25, 0.3) is 11.3 Å². The Hall–Kier alpha value is -3.94. The molecule has 3 aliphatic rings. The zero-order valence-electron chi connectivity index (χ0n) is 21.2. The Morgan fingerprint density at radius 2 is 2.05 bits per heavy atom. The molecule has 192 valence electrons. The second-order valence-corrected chi connectivity index (χ2v) is 9.76. The van der Waals surface area contributed by atoms with E-state index in [1.54, 1.807) is 37.5 Å². The minimum atomic E-state index is -0.296. The number of nitrogens with zero attached hydrogens (tertiary/aromatic N) is 1. The lowest BCUT2D eigenvalue weighted by Crippen LogP contribution is -2.31. The Bertz CT molecular complexity index is 1330. The lowest BCUT2D eigenvalue weighted by atomic mass is 9.93. The van der Waals surface area contributed by atoms with Crippen molar-refractivity contribution in [2.45, 2.75) is 31.6 Å². The van der Waals surface area contributed by atoms with Crippen molar-refractivity contribution in [3.63, 3.8) is 0 Å². The summed E-state index contributed by atoms with van der Waals surface area (Å²) in [5, 5.41) is 14.3. The van der Waals surface area contributed by atoms with E-state index in [0.29, 0.717) is 36.0 Å². The molecule has 3 N–H and O–H groups in total. The number of carbonyl (C=O) groups is 1. The third-order valence-corrected chi connectivity index (χ3v) is 7.12. The predicted molar refractivity (Wildman–Crippen MR) is 140 cm³/mol. The molecule has 7 nitrogen and oxygen atoms in total. The van der Waals surface area contributed by atoms with Gasteiger partial charge in [-0.1, -0.05) is 6.92 Å². The van der Waals surface area contributed by atoms with E-state index in [1.165, 1.54) is 19.2 Å². The highest BCUT2D eigenvalue weighted by Gasteiger charge is 2.36. The fraction of sp³-hybridized carbons (Fsp3) is 0.345. The number of carbonyl (C=O) groups excluding carboxylic acids is 1. The molecule has 2 aromatic rings. The standard InChI is InChI=1S/C29H31FN4O3/c1-16-15-37-28-22(16)12-24(34-27(28)18-6-8-21(30)9-7-18)23(17-4-5-17)14-33-29(35)19-10-20(13-32-2)26(31)25(11-19)36-3/h6-13,16-17,23,31-32H,4-5,14-15H2,1-3H3,(H,33,35)/b20-13-,31-26?/t16-,23?/m1/s1. The van der Waals surface area contributed by atoms with Crippen molar-refractivity contribution in [1.82, 2.24) is 15.6 Å². The first-order valence-corrected chi connectivity index (χ1v) is 12.6. The Balaban J connectivity index is 1.43. The van der Waals surface area contributed by atoms with Crippen molar-refractivity contribution in [2.75, 3.05) is 27.3 Å². The summed E-state index contributed by atoms with van der Waals surface area (Å²) < 4.78 is 24.9. The number of methoxy groups -OCH3 is 1. The molecule has 0 bridgehead atoms. The first-order valence-electron chi connectivity index (χ1n) is 12.6. The van der Waals surface area contributed by atoms with Gasteiger partial charge in [-0.15, -0.1) is 0 Å². The van der Waals surface area contributed by atoms with Crippen LogP contribution in [0, 0.1) is 17.1 Å². The van der Waals surface area contributed by atoms with Crippen LogP contribution in [0.3, 0.4) is 0 Å². The summed E-state index contributed by atoms with van der Waals surface area (Å²) in [7, 11) is 3.23. The minimum Gasteiger partial charge on any atom is -0.494 e. The first-order chi connectivity index (χ1) is 17.9. The van der Waals surface area contributed by atoms with Gasteiger partial charge in [-0.05, 0) is 61.2 Å². The molecule has 8 heteroatoms. The maximum absolute atomic E-state index is 13.6. The third kappa shape index (κ3) is 5.01. The van der Waals surface area contributed by atoms with Gasteiger partial charge in [-0.25, -0.2) is 9.37 Å². The second-order valence-electron chi connectivity index (χ2n) is 9.76. The molecular weight excluding hydrogens is 471 g/mol. The number of halogens is 1. The van der Waals surface area contributed by atoms with E-state index >= 15 is 0 Å². The van der Waals surface area contributed by atoms with Crippen LogP contribution in [0.1, 0.15) is 42.9 Å². The van der Waals surface area contributed by atoms with Gasteiger partial charge in [-0.3, -0.25) is 10.2 Å².